The average Bonchev–Trinajstić information content (AvgIpc) is 3.06. The lowest BCUT2D eigenvalue weighted by Crippen LogP contribution is -1.96. The average molecular weight is 603 g/mol. The Labute approximate surface area is 271 Å². The zero-order valence-electron chi connectivity index (χ0n) is 27.5. The van der Waals surface area contributed by atoms with Gasteiger partial charge in [0.2, 0.25) is 0 Å². The van der Waals surface area contributed by atoms with E-state index in [-0.39, 0.29) is 0 Å². The highest BCUT2D eigenvalue weighted by molar-refractivity contribution is 6.26. The third-order valence-electron chi connectivity index (χ3n) is 9.92. The molecule has 6 aromatic carbocycles. The maximum atomic E-state index is 6.67. The first-order valence-electron chi connectivity index (χ1n) is 17.2. The molecule has 0 radical (unpaired) electrons. The highest BCUT2D eigenvalue weighted by atomic mass is 16.3. The van der Waals surface area contributed by atoms with Gasteiger partial charge >= 0.3 is 0 Å². The van der Waals surface area contributed by atoms with Crippen molar-refractivity contribution in [2.45, 2.75) is 66.2 Å². The van der Waals surface area contributed by atoms with Gasteiger partial charge in [0.1, 0.15) is 22.3 Å². The Morgan fingerprint density at radius 3 is 1.22 bits per heavy atom. The minimum Gasteiger partial charge on any atom is -0.456 e. The third kappa shape index (κ3) is 5.05. The molecule has 0 amide bonds. The van der Waals surface area contributed by atoms with Crippen LogP contribution >= 0.6 is 0 Å². The maximum Gasteiger partial charge on any atom is 0.136 e. The SMILES string of the molecule is CC(C)CCCc1ccc(-c2ccc3oc4ccc5c(-c6ccc(CCCC(C)C)cc6)ccc6oc7ccc2c3c7-c4c65)cc1. The Morgan fingerprint density at radius 2 is 0.826 bits per heavy atom. The summed E-state index contributed by atoms with van der Waals surface area (Å²) in [7, 11) is 0. The molecule has 0 bridgehead atoms. The van der Waals surface area contributed by atoms with Crippen LogP contribution in [0.3, 0.4) is 0 Å². The van der Waals surface area contributed by atoms with Crippen LogP contribution in [0.15, 0.2) is 106 Å². The molecular formula is C44H42O2. The summed E-state index contributed by atoms with van der Waals surface area (Å²) in [6.45, 7) is 9.20. The van der Waals surface area contributed by atoms with Crippen molar-refractivity contribution in [3.8, 4) is 33.4 Å². The molecule has 8 rings (SSSR count). The van der Waals surface area contributed by atoms with E-state index in [0.29, 0.717) is 0 Å². The summed E-state index contributed by atoms with van der Waals surface area (Å²) in [4.78, 5) is 0. The van der Waals surface area contributed by atoms with Crippen molar-refractivity contribution in [2.75, 3.05) is 0 Å². The first kappa shape index (κ1) is 28.9. The van der Waals surface area contributed by atoms with Crippen molar-refractivity contribution >= 4 is 43.9 Å². The highest BCUT2D eigenvalue weighted by Gasteiger charge is 2.26. The van der Waals surface area contributed by atoms with E-state index in [0.717, 1.165) is 68.9 Å². The molecule has 2 heteroatoms. The monoisotopic (exact) mass is 602 g/mol. The van der Waals surface area contributed by atoms with E-state index in [2.05, 4.69) is 125 Å². The van der Waals surface area contributed by atoms with Crippen LogP contribution in [-0.2, 0) is 12.8 Å². The molecule has 2 heterocycles. The summed E-state index contributed by atoms with van der Waals surface area (Å²) in [6.07, 6.45) is 7.27. The molecule has 0 aliphatic carbocycles. The first-order chi connectivity index (χ1) is 22.4. The smallest absolute Gasteiger partial charge is 0.136 e. The number of hydrogen-bond acceptors (Lipinski definition) is 2. The Bertz CT molecular complexity index is 2080. The molecule has 0 atom stereocenters. The molecule has 0 spiro atoms. The predicted octanol–water partition coefficient (Wildman–Crippen LogP) is 13.3. The Kier molecular flexibility index (Phi) is 7.32. The van der Waals surface area contributed by atoms with Crippen molar-refractivity contribution in [1.29, 1.82) is 0 Å². The van der Waals surface area contributed by atoms with Gasteiger partial charge in [0.15, 0.2) is 0 Å². The molecule has 0 aromatic heterocycles. The lowest BCUT2D eigenvalue weighted by atomic mass is 9.86. The van der Waals surface area contributed by atoms with E-state index >= 15 is 0 Å². The van der Waals surface area contributed by atoms with Gasteiger partial charge in [0.25, 0.3) is 0 Å². The van der Waals surface area contributed by atoms with Crippen LogP contribution in [0.5, 0.6) is 0 Å². The Morgan fingerprint density at radius 1 is 0.435 bits per heavy atom. The fourth-order valence-corrected chi connectivity index (χ4v) is 7.50. The van der Waals surface area contributed by atoms with Gasteiger partial charge in [-0.1, -0.05) is 101 Å². The van der Waals surface area contributed by atoms with E-state index in [1.54, 1.807) is 0 Å². The molecule has 2 aliphatic heterocycles. The summed E-state index contributed by atoms with van der Waals surface area (Å²) in [6, 6.07) is 35.7. The summed E-state index contributed by atoms with van der Waals surface area (Å²) >= 11 is 0. The van der Waals surface area contributed by atoms with E-state index in [4.69, 9.17) is 8.83 Å². The third-order valence-corrected chi connectivity index (χ3v) is 9.92. The molecule has 230 valence electrons. The highest BCUT2D eigenvalue weighted by Crippen LogP contribution is 2.50. The molecular weight excluding hydrogens is 560 g/mol. The quantitative estimate of drug-likeness (QED) is 0.115. The second kappa shape index (κ2) is 11.7. The number of benzene rings is 6. The van der Waals surface area contributed by atoms with Gasteiger partial charge < -0.3 is 8.83 Å². The summed E-state index contributed by atoms with van der Waals surface area (Å²) in [5.41, 5.74) is 13.6. The van der Waals surface area contributed by atoms with Crippen molar-refractivity contribution in [3.63, 3.8) is 0 Å². The summed E-state index contributed by atoms with van der Waals surface area (Å²) in [5, 5.41) is 4.67. The number of rotatable bonds is 10. The first-order valence-corrected chi connectivity index (χ1v) is 17.2. The topological polar surface area (TPSA) is 26.3 Å². The zero-order valence-corrected chi connectivity index (χ0v) is 27.5. The van der Waals surface area contributed by atoms with Gasteiger partial charge in [-0.2, -0.15) is 0 Å². The minimum atomic E-state index is 0.751. The lowest BCUT2D eigenvalue weighted by Gasteiger charge is -2.21. The molecule has 0 fully saturated rings. The van der Waals surface area contributed by atoms with Crippen LogP contribution in [-0.4, -0.2) is 0 Å². The van der Waals surface area contributed by atoms with Gasteiger partial charge in [-0.15, -0.1) is 0 Å². The standard InChI is InChI=1S/C44H42O2/c1-27(2)7-5-9-29-11-15-31(16-12-29)33-19-23-37-41-35(33)21-25-39-43(41)44-40(45-37)26-22-36-34(20-24-38(46-39)42(36)44)32-17-13-30(14-18-32)10-6-8-28(3)4/h11-28H,5-10H2,1-4H3. The van der Waals surface area contributed by atoms with E-state index in [1.807, 2.05) is 0 Å². The van der Waals surface area contributed by atoms with Gasteiger partial charge in [-0.3, -0.25) is 0 Å². The number of hydrogen-bond donors (Lipinski definition) is 0. The zero-order chi connectivity index (χ0) is 31.4. The minimum absolute atomic E-state index is 0.751. The van der Waals surface area contributed by atoms with Crippen LogP contribution < -0.4 is 0 Å². The molecule has 0 unspecified atom stereocenters. The molecule has 2 nitrogen and oxygen atoms in total. The van der Waals surface area contributed by atoms with Crippen LogP contribution in [0.2, 0.25) is 0 Å². The fraction of sp³-hybridized carbons (Fsp3) is 0.273. The Balaban J connectivity index is 1.22. The van der Waals surface area contributed by atoms with Crippen LogP contribution in [0.4, 0.5) is 0 Å². The van der Waals surface area contributed by atoms with Crippen molar-refractivity contribution in [3.05, 3.63) is 108 Å². The van der Waals surface area contributed by atoms with Crippen molar-refractivity contribution in [2.24, 2.45) is 11.8 Å². The van der Waals surface area contributed by atoms with Gasteiger partial charge in [0, 0.05) is 21.9 Å². The maximum absolute atomic E-state index is 6.67. The largest absolute Gasteiger partial charge is 0.456 e. The second-order valence-corrected chi connectivity index (χ2v) is 14.1. The van der Waals surface area contributed by atoms with Gasteiger partial charge in [-0.25, -0.2) is 0 Å². The Hall–Kier alpha value is -4.56. The summed E-state index contributed by atoms with van der Waals surface area (Å²) in [5.74, 6) is 1.50. The predicted molar refractivity (Wildman–Crippen MR) is 195 cm³/mol. The summed E-state index contributed by atoms with van der Waals surface area (Å²) < 4.78 is 13.3. The van der Waals surface area contributed by atoms with E-state index in [9.17, 15) is 0 Å². The van der Waals surface area contributed by atoms with Crippen molar-refractivity contribution in [1.82, 2.24) is 0 Å². The van der Waals surface area contributed by atoms with E-state index in [1.165, 1.54) is 69.8 Å². The van der Waals surface area contributed by atoms with Crippen molar-refractivity contribution < 1.29 is 8.83 Å². The lowest BCUT2D eigenvalue weighted by molar-refractivity contribution is 0.556. The molecule has 0 N–H and O–H groups in total. The van der Waals surface area contributed by atoms with Gasteiger partial charge in [-0.05, 0) is 118 Å². The van der Waals surface area contributed by atoms with E-state index < -0.39 is 0 Å². The molecule has 6 aromatic rings. The number of aryl methyl sites for hydroxylation is 2. The van der Waals surface area contributed by atoms with Gasteiger partial charge in [0.05, 0.1) is 0 Å². The molecule has 0 saturated heterocycles. The normalized spacial score (nSPS) is 12.4. The van der Waals surface area contributed by atoms with Crippen LogP contribution in [0, 0.1) is 11.8 Å². The molecule has 0 saturated carbocycles. The fourth-order valence-electron chi connectivity index (χ4n) is 7.50. The van der Waals surface area contributed by atoms with Crippen LogP contribution in [0.25, 0.3) is 77.3 Å². The second-order valence-electron chi connectivity index (χ2n) is 14.1. The molecule has 2 aliphatic rings. The molecule has 46 heavy (non-hydrogen) atoms. The van der Waals surface area contributed by atoms with Crippen LogP contribution in [0.1, 0.15) is 64.5 Å².